The third kappa shape index (κ3) is 2.24. The Morgan fingerprint density at radius 3 is 2.07 bits per heavy atom. The summed E-state index contributed by atoms with van der Waals surface area (Å²) in [5.41, 5.74) is -0.102. The van der Waals surface area contributed by atoms with Crippen molar-refractivity contribution in [2.75, 3.05) is 11.9 Å². The average molecular weight is 210 g/mol. The van der Waals surface area contributed by atoms with Crippen molar-refractivity contribution >= 4 is 5.69 Å². The molecular weight excluding hydrogens is 198 g/mol. The van der Waals surface area contributed by atoms with Crippen LogP contribution < -0.4 is 4.90 Å². The topological polar surface area (TPSA) is 27.0 Å². The normalized spacial score (nSPS) is 10.2. The second-order valence-electron chi connectivity index (χ2n) is 3.60. The summed E-state index contributed by atoms with van der Waals surface area (Å²) in [5.74, 6) is -1.41. The molecule has 0 atom stereocenters. The molecule has 0 spiro atoms. The highest BCUT2D eigenvalue weighted by atomic mass is 19.1. The van der Waals surface area contributed by atoms with Gasteiger partial charge >= 0.3 is 0 Å². The first-order valence-corrected chi connectivity index (χ1v) is 4.59. The maximum atomic E-state index is 13.5. The van der Waals surface area contributed by atoms with Gasteiger partial charge in [0.1, 0.15) is 5.69 Å². The number of nitrogens with zero attached hydrogens (tertiary/aromatic N) is 2. The second-order valence-corrected chi connectivity index (χ2v) is 3.60. The Kier molecular flexibility index (Phi) is 3.25. The Morgan fingerprint density at radius 2 is 1.73 bits per heavy atom. The molecule has 1 aromatic rings. The third-order valence-electron chi connectivity index (χ3n) is 2.27. The molecule has 0 aromatic heterocycles. The van der Waals surface area contributed by atoms with Crippen molar-refractivity contribution in [3.8, 4) is 6.07 Å². The summed E-state index contributed by atoms with van der Waals surface area (Å²) in [6.45, 7) is 3.66. The monoisotopic (exact) mass is 210 g/mol. The van der Waals surface area contributed by atoms with Crippen LogP contribution in [-0.4, -0.2) is 13.1 Å². The number of benzene rings is 1. The quantitative estimate of drug-likeness (QED) is 0.750. The lowest BCUT2D eigenvalue weighted by molar-refractivity contribution is 0.567. The van der Waals surface area contributed by atoms with Crippen molar-refractivity contribution in [3.05, 3.63) is 29.3 Å². The first kappa shape index (κ1) is 11.4. The maximum absolute atomic E-state index is 13.5. The molecule has 0 radical (unpaired) electrons. The molecule has 0 bridgehead atoms. The molecule has 0 aliphatic rings. The number of anilines is 1. The Morgan fingerprint density at radius 1 is 1.27 bits per heavy atom. The van der Waals surface area contributed by atoms with Crippen molar-refractivity contribution < 1.29 is 8.78 Å². The van der Waals surface area contributed by atoms with Gasteiger partial charge in [-0.25, -0.2) is 8.78 Å². The van der Waals surface area contributed by atoms with E-state index < -0.39 is 11.6 Å². The highest BCUT2D eigenvalue weighted by molar-refractivity contribution is 5.52. The molecule has 0 aliphatic heterocycles. The van der Waals surface area contributed by atoms with Crippen molar-refractivity contribution in [1.29, 1.82) is 5.26 Å². The van der Waals surface area contributed by atoms with Crippen molar-refractivity contribution in [3.63, 3.8) is 0 Å². The molecule has 2 nitrogen and oxygen atoms in total. The summed E-state index contributed by atoms with van der Waals surface area (Å²) in [6.07, 6.45) is 0. The van der Waals surface area contributed by atoms with Crippen molar-refractivity contribution in [2.45, 2.75) is 19.9 Å². The summed E-state index contributed by atoms with van der Waals surface area (Å²) in [6, 6.07) is 3.77. The van der Waals surface area contributed by atoms with Gasteiger partial charge in [-0.1, -0.05) is 0 Å². The van der Waals surface area contributed by atoms with E-state index in [-0.39, 0.29) is 17.3 Å². The molecular formula is C11H12F2N2. The van der Waals surface area contributed by atoms with Crippen LogP contribution in [0.2, 0.25) is 0 Å². The zero-order chi connectivity index (χ0) is 11.6. The molecule has 0 aliphatic carbocycles. The summed E-state index contributed by atoms with van der Waals surface area (Å²) in [5, 5.41) is 8.53. The molecule has 1 rings (SSSR count). The molecule has 0 unspecified atom stereocenters. The molecule has 4 heteroatoms. The zero-order valence-electron chi connectivity index (χ0n) is 8.88. The van der Waals surface area contributed by atoms with E-state index in [1.165, 1.54) is 4.90 Å². The highest BCUT2D eigenvalue weighted by Gasteiger charge is 2.16. The first-order chi connectivity index (χ1) is 6.97. The molecule has 0 N–H and O–H groups in total. The van der Waals surface area contributed by atoms with Gasteiger partial charge in [0.15, 0.2) is 11.6 Å². The Balaban J connectivity index is 3.27. The minimum absolute atomic E-state index is 0.00842. The number of nitriles is 1. The second kappa shape index (κ2) is 4.26. The van der Waals surface area contributed by atoms with E-state index in [4.69, 9.17) is 5.26 Å². The molecule has 80 valence electrons. The average Bonchev–Trinajstić information content (AvgIpc) is 2.16. The standard InChI is InChI=1S/C11H12F2N2/c1-7(2)15(3)11-9(12)4-8(6-14)5-10(11)13/h4-5,7H,1-3H3. The fraction of sp³-hybridized carbons (Fsp3) is 0.364. The van der Waals surface area contributed by atoms with E-state index in [0.717, 1.165) is 12.1 Å². The zero-order valence-corrected chi connectivity index (χ0v) is 8.88. The van der Waals surface area contributed by atoms with Crippen LogP contribution >= 0.6 is 0 Å². The smallest absolute Gasteiger partial charge is 0.150 e. The van der Waals surface area contributed by atoms with E-state index in [1.54, 1.807) is 13.1 Å². The van der Waals surface area contributed by atoms with Crippen LogP contribution in [0.1, 0.15) is 19.4 Å². The van der Waals surface area contributed by atoms with Gasteiger partial charge in [-0.15, -0.1) is 0 Å². The molecule has 0 fully saturated rings. The molecule has 1 aromatic carbocycles. The number of rotatable bonds is 2. The summed E-state index contributed by atoms with van der Waals surface area (Å²) < 4.78 is 27.0. The van der Waals surface area contributed by atoms with Crippen LogP contribution in [0.5, 0.6) is 0 Å². The summed E-state index contributed by atoms with van der Waals surface area (Å²) in [7, 11) is 1.61. The molecule has 0 amide bonds. The molecule has 0 saturated carbocycles. The Bertz CT molecular complexity index is 385. The SMILES string of the molecule is CC(C)N(C)c1c(F)cc(C#N)cc1F. The molecule has 0 saturated heterocycles. The van der Waals surface area contributed by atoms with Gasteiger partial charge in [-0.3, -0.25) is 0 Å². The van der Waals surface area contributed by atoms with Crippen LogP contribution in [0.4, 0.5) is 14.5 Å². The fourth-order valence-corrected chi connectivity index (χ4v) is 1.23. The predicted molar refractivity (Wildman–Crippen MR) is 54.6 cm³/mol. The molecule has 15 heavy (non-hydrogen) atoms. The van der Waals surface area contributed by atoms with Crippen molar-refractivity contribution in [2.24, 2.45) is 0 Å². The molecule has 0 heterocycles. The summed E-state index contributed by atoms with van der Waals surface area (Å²) >= 11 is 0. The minimum Gasteiger partial charge on any atom is -0.367 e. The Hall–Kier alpha value is -1.63. The maximum Gasteiger partial charge on any atom is 0.150 e. The van der Waals surface area contributed by atoms with Gasteiger partial charge in [0.05, 0.1) is 11.6 Å². The van der Waals surface area contributed by atoms with Crippen LogP contribution in [0.3, 0.4) is 0 Å². The minimum atomic E-state index is -0.706. The van der Waals surface area contributed by atoms with E-state index in [0.29, 0.717) is 0 Å². The van der Waals surface area contributed by atoms with Gasteiger partial charge < -0.3 is 4.90 Å². The third-order valence-corrected chi connectivity index (χ3v) is 2.27. The fourth-order valence-electron chi connectivity index (χ4n) is 1.23. The van der Waals surface area contributed by atoms with E-state index >= 15 is 0 Å². The highest BCUT2D eigenvalue weighted by Crippen LogP contribution is 2.25. The number of hydrogen-bond acceptors (Lipinski definition) is 2. The first-order valence-electron chi connectivity index (χ1n) is 4.59. The van der Waals surface area contributed by atoms with Crippen LogP contribution in [0.25, 0.3) is 0 Å². The Labute approximate surface area is 87.7 Å². The lowest BCUT2D eigenvalue weighted by Crippen LogP contribution is -2.27. The van der Waals surface area contributed by atoms with Gasteiger partial charge in [0, 0.05) is 13.1 Å². The van der Waals surface area contributed by atoms with Crippen molar-refractivity contribution in [1.82, 2.24) is 0 Å². The van der Waals surface area contributed by atoms with Crippen LogP contribution in [0.15, 0.2) is 12.1 Å². The number of hydrogen-bond donors (Lipinski definition) is 0. The number of halogens is 2. The van der Waals surface area contributed by atoms with E-state index in [9.17, 15) is 8.78 Å². The van der Waals surface area contributed by atoms with Crippen LogP contribution in [0, 0.1) is 23.0 Å². The largest absolute Gasteiger partial charge is 0.367 e. The van der Waals surface area contributed by atoms with Gasteiger partial charge in [0.2, 0.25) is 0 Å². The van der Waals surface area contributed by atoms with Gasteiger partial charge in [0.25, 0.3) is 0 Å². The van der Waals surface area contributed by atoms with E-state index in [1.807, 2.05) is 13.8 Å². The predicted octanol–water partition coefficient (Wildman–Crippen LogP) is 2.68. The summed E-state index contributed by atoms with van der Waals surface area (Å²) in [4.78, 5) is 1.49. The lowest BCUT2D eigenvalue weighted by atomic mass is 10.1. The van der Waals surface area contributed by atoms with Crippen LogP contribution in [-0.2, 0) is 0 Å². The lowest BCUT2D eigenvalue weighted by Gasteiger charge is -2.24. The van der Waals surface area contributed by atoms with Gasteiger partial charge in [-0.2, -0.15) is 5.26 Å². The van der Waals surface area contributed by atoms with E-state index in [2.05, 4.69) is 0 Å². The van der Waals surface area contributed by atoms with Gasteiger partial charge in [-0.05, 0) is 26.0 Å².